The first kappa shape index (κ1) is 13.6. The van der Waals surface area contributed by atoms with Crippen LogP contribution in [-0.2, 0) is 4.79 Å². The smallest absolute Gasteiger partial charge is 0.149 e. The fraction of sp³-hybridized carbons (Fsp3) is 0.917. The number of carbonyl (C=O) groups excluding carboxylic acids is 1. The summed E-state index contributed by atoms with van der Waals surface area (Å²) in [6, 6.07) is 0.498. The lowest BCUT2D eigenvalue weighted by Gasteiger charge is -2.26. The fourth-order valence-corrected chi connectivity index (χ4v) is 1.45. The summed E-state index contributed by atoms with van der Waals surface area (Å²) in [6.45, 7) is 11.1. The van der Waals surface area contributed by atoms with Gasteiger partial charge in [-0.25, -0.2) is 0 Å². The van der Waals surface area contributed by atoms with Crippen LogP contribution in [0.25, 0.3) is 0 Å². The minimum atomic E-state index is 0.156. The van der Waals surface area contributed by atoms with Gasteiger partial charge in [-0.1, -0.05) is 27.7 Å². The Morgan fingerprint density at radius 1 is 1.14 bits per heavy atom. The van der Waals surface area contributed by atoms with Crippen molar-refractivity contribution in [1.29, 1.82) is 0 Å². The number of ketones is 1. The Morgan fingerprint density at radius 2 is 1.64 bits per heavy atom. The van der Waals surface area contributed by atoms with Crippen LogP contribution < -0.4 is 0 Å². The first-order chi connectivity index (χ1) is 6.34. The summed E-state index contributed by atoms with van der Waals surface area (Å²) in [6.07, 6.45) is 1.15. The van der Waals surface area contributed by atoms with Crippen molar-refractivity contribution in [3.05, 3.63) is 0 Å². The molecule has 0 rings (SSSR count). The highest BCUT2D eigenvalue weighted by Gasteiger charge is 2.15. The van der Waals surface area contributed by atoms with Crippen molar-refractivity contribution in [2.75, 3.05) is 13.6 Å². The standard InChI is InChI=1S/C12H25NO/c1-9(2)7-11(5)13(6)8-12(14)10(3)4/h9-11H,7-8H2,1-6H3. The molecular weight excluding hydrogens is 174 g/mol. The monoisotopic (exact) mass is 199 g/mol. The second kappa shape index (κ2) is 6.18. The molecule has 0 aromatic rings. The largest absolute Gasteiger partial charge is 0.298 e. The minimum Gasteiger partial charge on any atom is -0.298 e. The van der Waals surface area contributed by atoms with E-state index in [4.69, 9.17) is 0 Å². The molecule has 0 aliphatic heterocycles. The van der Waals surface area contributed by atoms with E-state index in [0.717, 1.165) is 6.42 Å². The third-order valence-electron chi connectivity index (χ3n) is 2.61. The second-order valence-corrected chi connectivity index (χ2v) is 5.01. The van der Waals surface area contributed by atoms with Crippen molar-refractivity contribution in [3.63, 3.8) is 0 Å². The quantitative estimate of drug-likeness (QED) is 0.655. The first-order valence-corrected chi connectivity index (χ1v) is 5.57. The summed E-state index contributed by atoms with van der Waals surface area (Å²) in [7, 11) is 2.04. The van der Waals surface area contributed by atoms with Crippen molar-refractivity contribution in [2.24, 2.45) is 11.8 Å². The maximum atomic E-state index is 11.5. The van der Waals surface area contributed by atoms with E-state index in [-0.39, 0.29) is 5.92 Å². The average molecular weight is 199 g/mol. The maximum absolute atomic E-state index is 11.5. The predicted molar refractivity (Wildman–Crippen MR) is 61.4 cm³/mol. The number of Topliss-reactive ketones (excluding diaryl/α,β-unsaturated/α-hetero) is 1. The molecular formula is C12H25NO. The van der Waals surface area contributed by atoms with E-state index in [9.17, 15) is 4.79 Å². The van der Waals surface area contributed by atoms with Crippen LogP contribution in [0.5, 0.6) is 0 Å². The van der Waals surface area contributed by atoms with Gasteiger partial charge in [0.2, 0.25) is 0 Å². The van der Waals surface area contributed by atoms with Crippen molar-refractivity contribution >= 4 is 5.78 Å². The lowest BCUT2D eigenvalue weighted by atomic mass is 10.0. The summed E-state index contributed by atoms with van der Waals surface area (Å²) in [5, 5.41) is 0. The Bertz CT molecular complexity index is 175. The number of hydrogen-bond acceptors (Lipinski definition) is 2. The van der Waals surface area contributed by atoms with E-state index in [2.05, 4.69) is 25.7 Å². The van der Waals surface area contributed by atoms with E-state index in [1.165, 1.54) is 0 Å². The van der Waals surface area contributed by atoms with E-state index in [1.807, 2.05) is 20.9 Å². The zero-order chi connectivity index (χ0) is 11.3. The third-order valence-corrected chi connectivity index (χ3v) is 2.61. The molecule has 1 atom stereocenters. The van der Waals surface area contributed by atoms with Gasteiger partial charge in [-0.05, 0) is 26.3 Å². The number of nitrogens with zero attached hydrogens (tertiary/aromatic N) is 1. The van der Waals surface area contributed by atoms with Gasteiger partial charge in [0, 0.05) is 12.0 Å². The highest BCUT2D eigenvalue weighted by Crippen LogP contribution is 2.10. The van der Waals surface area contributed by atoms with Crippen LogP contribution in [0.4, 0.5) is 0 Å². The Labute approximate surface area is 88.7 Å². The van der Waals surface area contributed by atoms with Gasteiger partial charge in [-0.3, -0.25) is 9.69 Å². The van der Waals surface area contributed by atoms with Crippen LogP contribution >= 0.6 is 0 Å². The van der Waals surface area contributed by atoms with Gasteiger partial charge in [-0.2, -0.15) is 0 Å². The van der Waals surface area contributed by atoms with Gasteiger partial charge >= 0.3 is 0 Å². The first-order valence-electron chi connectivity index (χ1n) is 5.57. The second-order valence-electron chi connectivity index (χ2n) is 5.01. The molecule has 2 heteroatoms. The van der Waals surface area contributed by atoms with Crippen molar-refractivity contribution in [3.8, 4) is 0 Å². The Balaban J connectivity index is 3.94. The number of rotatable bonds is 6. The molecule has 0 radical (unpaired) electrons. The third kappa shape index (κ3) is 5.38. The van der Waals surface area contributed by atoms with E-state index < -0.39 is 0 Å². The Morgan fingerprint density at radius 3 is 2.00 bits per heavy atom. The van der Waals surface area contributed by atoms with E-state index >= 15 is 0 Å². The highest BCUT2D eigenvalue weighted by atomic mass is 16.1. The van der Waals surface area contributed by atoms with Gasteiger partial charge in [0.15, 0.2) is 0 Å². The Hall–Kier alpha value is -0.370. The van der Waals surface area contributed by atoms with Gasteiger partial charge in [0.1, 0.15) is 5.78 Å². The summed E-state index contributed by atoms with van der Waals surface area (Å²) in [5.41, 5.74) is 0. The van der Waals surface area contributed by atoms with Crippen LogP contribution in [0.3, 0.4) is 0 Å². The predicted octanol–water partition coefficient (Wildman–Crippen LogP) is 2.58. The normalized spacial score (nSPS) is 14.1. The molecule has 0 aromatic heterocycles. The summed E-state index contributed by atoms with van der Waals surface area (Å²) in [4.78, 5) is 13.7. The number of likely N-dealkylation sites (N-methyl/N-ethyl adjacent to an activating group) is 1. The molecule has 0 fully saturated rings. The zero-order valence-electron chi connectivity index (χ0n) is 10.5. The topological polar surface area (TPSA) is 20.3 Å². The minimum absolute atomic E-state index is 0.156. The fourth-order valence-electron chi connectivity index (χ4n) is 1.45. The van der Waals surface area contributed by atoms with Crippen molar-refractivity contribution in [1.82, 2.24) is 4.90 Å². The van der Waals surface area contributed by atoms with Crippen LogP contribution in [0.2, 0.25) is 0 Å². The zero-order valence-corrected chi connectivity index (χ0v) is 10.5. The van der Waals surface area contributed by atoms with Crippen LogP contribution in [0.1, 0.15) is 41.0 Å². The van der Waals surface area contributed by atoms with E-state index in [1.54, 1.807) is 0 Å². The molecule has 1 unspecified atom stereocenters. The molecule has 0 saturated carbocycles. The van der Waals surface area contributed by atoms with Gasteiger partial charge < -0.3 is 0 Å². The molecule has 0 saturated heterocycles. The molecule has 0 aliphatic carbocycles. The SMILES string of the molecule is CC(C)CC(C)N(C)CC(=O)C(C)C. The molecule has 0 amide bonds. The molecule has 0 spiro atoms. The van der Waals surface area contributed by atoms with E-state index in [0.29, 0.717) is 24.3 Å². The van der Waals surface area contributed by atoms with Crippen molar-refractivity contribution < 1.29 is 4.79 Å². The number of carbonyl (C=O) groups is 1. The Kier molecular flexibility index (Phi) is 6.01. The highest BCUT2D eigenvalue weighted by molar-refractivity contribution is 5.82. The summed E-state index contributed by atoms with van der Waals surface area (Å²) in [5.74, 6) is 1.19. The lowest BCUT2D eigenvalue weighted by Crippen LogP contribution is -2.36. The molecule has 0 aliphatic rings. The van der Waals surface area contributed by atoms with Gasteiger partial charge in [0.25, 0.3) is 0 Å². The molecule has 0 bridgehead atoms. The molecule has 2 nitrogen and oxygen atoms in total. The van der Waals surface area contributed by atoms with Gasteiger partial charge in [0.05, 0.1) is 6.54 Å². The molecule has 0 heterocycles. The van der Waals surface area contributed by atoms with Crippen LogP contribution in [-0.4, -0.2) is 30.3 Å². The van der Waals surface area contributed by atoms with Crippen LogP contribution in [0, 0.1) is 11.8 Å². The number of hydrogen-bond donors (Lipinski definition) is 0. The summed E-state index contributed by atoms with van der Waals surface area (Å²) >= 11 is 0. The van der Waals surface area contributed by atoms with Crippen LogP contribution in [0.15, 0.2) is 0 Å². The molecule has 0 aromatic carbocycles. The lowest BCUT2D eigenvalue weighted by molar-refractivity contribution is -0.123. The molecule has 14 heavy (non-hydrogen) atoms. The molecule has 0 N–H and O–H groups in total. The molecule has 84 valence electrons. The van der Waals surface area contributed by atoms with Gasteiger partial charge in [-0.15, -0.1) is 0 Å². The van der Waals surface area contributed by atoms with Crippen molar-refractivity contribution in [2.45, 2.75) is 47.1 Å². The summed E-state index contributed by atoms with van der Waals surface area (Å²) < 4.78 is 0. The average Bonchev–Trinajstić information content (AvgIpc) is 2.02. The maximum Gasteiger partial charge on any atom is 0.149 e.